The standard InChI is InChI=1S/C18H23N5OS2/c1-13-11-14(2)21-18(20-13)26-12-16(24)22-23-17(25)19-10-6-9-15-7-4-3-5-8-15/h3-5,7-8,11H,6,9-10,12H2,1-2H3,(H,22,24)(H2,19,23,25). The molecular formula is C18H23N5OS2. The van der Waals surface area contributed by atoms with E-state index >= 15 is 0 Å². The summed E-state index contributed by atoms with van der Waals surface area (Å²) in [6, 6.07) is 12.2. The smallest absolute Gasteiger partial charge is 0.248 e. The second-order valence-electron chi connectivity index (χ2n) is 5.74. The van der Waals surface area contributed by atoms with Crippen molar-refractivity contribution in [2.24, 2.45) is 0 Å². The third-order valence-electron chi connectivity index (χ3n) is 3.38. The van der Waals surface area contributed by atoms with Crippen LogP contribution < -0.4 is 16.2 Å². The second kappa shape index (κ2) is 10.7. The van der Waals surface area contributed by atoms with Crippen LogP contribution >= 0.6 is 24.0 Å². The molecule has 0 fully saturated rings. The Balaban J connectivity index is 1.58. The number of amides is 1. The third kappa shape index (κ3) is 7.79. The van der Waals surface area contributed by atoms with Crippen molar-refractivity contribution < 1.29 is 4.79 Å². The minimum absolute atomic E-state index is 0.189. The van der Waals surface area contributed by atoms with Gasteiger partial charge in [0, 0.05) is 17.9 Å². The van der Waals surface area contributed by atoms with Crippen molar-refractivity contribution in [1.82, 2.24) is 26.1 Å². The van der Waals surface area contributed by atoms with E-state index in [0.29, 0.717) is 10.3 Å². The number of hydrazine groups is 1. The van der Waals surface area contributed by atoms with Crippen LogP contribution in [-0.4, -0.2) is 33.3 Å². The zero-order chi connectivity index (χ0) is 18.8. The number of rotatable bonds is 7. The first-order valence-electron chi connectivity index (χ1n) is 8.34. The molecule has 0 aliphatic rings. The van der Waals surface area contributed by atoms with Gasteiger partial charge in [0.25, 0.3) is 0 Å². The molecule has 1 aromatic carbocycles. The lowest BCUT2D eigenvalue weighted by Gasteiger charge is -2.11. The minimum Gasteiger partial charge on any atom is -0.361 e. The van der Waals surface area contributed by atoms with E-state index in [0.717, 1.165) is 30.8 Å². The summed E-state index contributed by atoms with van der Waals surface area (Å²) in [4.78, 5) is 20.4. The summed E-state index contributed by atoms with van der Waals surface area (Å²) in [6.45, 7) is 4.55. The van der Waals surface area contributed by atoms with Crippen molar-refractivity contribution in [1.29, 1.82) is 0 Å². The number of carbonyl (C=O) groups is 1. The van der Waals surface area contributed by atoms with Crippen LogP contribution in [0, 0.1) is 13.8 Å². The van der Waals surface area contributed by atoms with Crippen molar-refractivity contribution in [3.8, 4) is 0 Å². The molecule has 0 bridgehead atoms. The van der Waals surface area contributed by atoms with Crippen LogP contribution in [0.15, 0.2) is 41.6 Å². The lowest BCUT2D eigenvalue weighted by molar-refractivity contribution is -0.119. The summed E-state index contributed by atoms with van der Waals surface area (Å²) in [5.41, 5.74) is 8.35. The van der Waals surface area contributed by atoms with Crippen LogP contribution in [0.5, 0.6) is 0 Å². The molecule has 1 aromatic heterocycles. The minimum atomic E-state index is -0.189. The van der Waals surface area contributed by atoms with Gasteiger partial charge in [-0.3, -0.25) is 15.6 Å². The summed E-state index contributed by atoms with van der Waals surface area (Å²) in [5, 5.41) is 4.07. The van der Waals surface area contributed by atoms with E-state index in [1.54, 1.807) is 0 Å². The van der Waals surface area contributed by atoms with Crippen molar-refractivity contribution in [3.05, 3.63) is 53.3 Å². The van der Waals surface area contributed by atoms with Crippen molar-refractivity contribution in [2.45, 2.75) is 31.8 Å². The fraction of sp³-hybridized carbons (Fsp3) is 0.333. The molecule has 2 rings (SSSR count). The van der Waals surface area contributed by atoms with Crippen LogP contribution in [0.25, 0.3) is 0 Å². The van der Waals surface area contributed by atoms with E-state index < -0.39 is 0 Å². The SMILES string of the molecule is Cc1cc(C)nc(SCC(=O)NNC(=S)NCCCc2ccccc2)n1. The fourth-order valence-corrected chi connectivity index (χ4v) is 3.14. The summed E-state index contributed by atoms with van der Waals surface area (Å²) < 4.78 is 0. The molecule has 0 unspecified atom stereocenters. The fourth-order valence-electron chi connectivity index (χ4n) is 2.23. The van der Waals surface area contributed by atoms with Crippen molar-refractivity contribution in [3.63, 3.8) is 0 Å². The number of thiocarbonyl (C=S) groups is 1. The predicted octanol–water partition coefficient (Wildman–Crippen LogP) is 2.31. The molecule has 2 aromatic rings. The number of nitrogens with zero attached hydrogens (tertiary/aromatic N) is 2. The first-order chi connectivity index (χ1) is 12.5. The van der Waals surface area contributed by atoms with Gasteiger partial charge in [-0.25, -0.2) is 9.97 Å². The molecule has 0 aliphatic heterocycles. The van der Waals surface area contributed by atoms with E-state index in [4.69, 9.17) is 12.2 Å². The normalized spacial score (nSPS) is 10.2. The number of hydrogen-bond donors (Lipinski definition) is 3. The van der Waals surface area contributed by atoms with Gasteiger partial charge in [0.2, 0.25) is 5.91 Å². The average Bonchev–Trinajstić information content (AvgIpc) is 2.62. The Morgan fingerprint density at radius 2 is 1.81 bits per heavy atom. The summed E-state index contributed by atoms with van der Waals surface area (Å²) in [7, 11) is 0. The highest BCUT2D eigenvalue weighted by molar-refractivity contribution is 7.99. The number of aryl methyl sites for hydroxylation is 3. The lowest BCUT2D eigenvalue weighted by atomic mass is 10.1. The second-order valence-corrected chi connectivity index (χ2v) is 7.09. The Kier molecular flexibility index (Phi) is 8.30. The van der Waals surface area contributed by atoms with Crippen LogP contribution in [0.3, 0.4) is 0 Å². The molecule has 138 valence electrons. The summed E-state index contributed by atoms with van der Waals surface area (Å²) >= 11 is 6.44. The van der Waals surface area contributed by atoms with Crippen molar-refractivity contribution >= 4 is 35.0 Å². The summed E-state index contributed by atoms with van der Waals surface area (Å²) in [6.07, 6.45) is 1.94. The van der Waals surface area contributed by atoms with E-state index in [1.807, 2.05) is 38.1 Å². The molecule has 8 heteroatoms. The molecular weight excluding hydrogens is 366 g/mol. The maximum atomic E-state index is 11.9. The zero-order valence-corrected chi connectivity index (χ0v) is 16.5. The predicted molar refractivity (Wildman–Crippen MR) is 109 cm³/mol. The first-order valence-corrected chi connectivity index (χ1v) is 9.74. The zero-order valence-electron chi connectivity index (χ0n) is 14.9. The maximum Gasteiger partial charge on any atom is 0.248 e. The molecule has 1 heterocycles. The number of benzene rings is 1. The lowest BCUT2D eigenvalue weighted by Crippen LogP contribution is -2.47. The number of hydrogen-bond acceptors (Lipinski definition) is 5. The van der Waals surface area contributed by atoms with Crippen LogP contribution in [0.4, 0.5) is 0 Å². The highest BCUT2D eigenvalue weighted by Crippen LogP contribution is 2.13. The van der Waals surface area contributed by atoms with Gasteiger partial charge in [-0.05, 0) is 50.5 Å². The van der Waals surface area contributed by atoms with Crippen LogP contribution in [-0.2, 0) is 11.2 Å². The molecule has 6 nitrogen and oxygen atoms in total. The number of aromatic nitrogens is 2. The molecule has 26 heavy (non-hydrogen) atoms. The van der Waals surface area contributed by atoms with E-state index in [9.17, 15) is 4.79 Å². The maximum absolute atomic E-state index is 11.9. The number of thioether (sulfide) groups is 1. The monoisotopic (exact) mass is 389 g/mol. The molecule has 0 saturated heterocycles. The molecule has 1 amide bonds. The van der Waals surface area contributed by atoms with Crippen molar-refractivity contribution in [2.75, 3.05) is 12.3 Å². The van der Waals surface area contributed by atoms with E-state index in [-0.39, 0.29) is 11.7 Å². The molecule has 0 atom stereocenters. The molecule has 0 saturated carbocycles. The Bertz CT molecular complexity index is 719. The van der Waals surface area contributed by atoms with Gasteiger partial charge in [-0.1, -0.05) is 42.1 Å². The number of carbonyl (C=O) groups excluding carboxylic acids is 1. The third-order valence-corrected chi connectivity index (χ3v) is 4.47. The van der Waals surface area contributed by atoms with Gasteiger partial charge in [-0.2, -0.15) is 0 Å². The first kappa shape index (κ1) is 20.1. The topological polar surface area (TPSA) is 78.9 Å². The van der Waals surface area contributed by atoms with E-state index in [1.165, 1.54) is 17.3 Å². The Morgan fingerprint density at radius 1 is 1.12 bits per heavy atom. The van der Waals surface area contributed by atoms with E-state index in [2.05, 4.69) is 38.3 Å². The van der Waals surface area contributed by atoms with Gasteiger partial charge in [0.1, 0.15) is 0 Å². The molecule has 0 aliphatic carbocycles. The molecule has 3 N–H and O–H groups in total. The van der Waals surface area contributed by atoms with Gasteiger partial charge < -0.3 is 5.32 Å². The Hall–Kier alpha value is -2.19. The van der Waals surface area contributed by atoms with Gasteiger partial charge in [-0.15, -0.1) is 0 Å². The quantitative estimate of drug-likeness (QED) is 0.220. The Morgan fingerprint density at radius 3 is 2.50 bits per heavy atom. The van der Waals surface area contributed by atoms with Crippen LogP contribution in [0.1, 0.15) is 23.4 Å². The average molecular weight is 390 g/mol. The van der Waals surface area contributed by atoms with Crippen LogP contribution in [0.2, 0.25) is 0 Å². The molecule has 0 radical (unpaired) electrons. The van der Waals surface area contributed by atoms with Gasteiger partial charge in [0.15, 0.2) is 10.3 Å². The highest BCUT2D eigenvalue weighted by Gasteiger charge is 2.06. The largest absolute Gasteiger partial charge is 0.361 e. The molecule has 0 spiro atoms. The Labute approximate surface area is 163 Å². The highest BCUT2D eigenvalue weighted by atomic mass is 32.2. The van der Waals surface area contributed by atoms with Gasteiger partial charge in [0.05, 0.1) is 5.75 Å². The summed E-state index contributed by atoms with van der Waals surface area (Å²) in [5.74, 6) is 0.0261. The van der Waals surface area contributed by atoms with Gasteiger partial charge >= 0.3 is 0 Å². The number of nitrogens with one attached hydrogen (secondary N) is 3.